The zero-order valence-corrected chi connectivity index (χ0v) is 13.1. The molecule has 2 N–H and O–H groups in total. The highest BCUT2D eigenvalue weighted by Crippen LogP contribution is 2.48. The van der Waals surface area contributed by atoms with E-state index in [2.05, 4.69) is 38.9 Å². The standard InChI is InChI=1S/C15H22BrN3/c1-19(9-13-5-10-2-3-11(13)4-10)15-12(7-17)6-14(16)8-18-15/h6,8,10-11,13H,2-5,7,9,17H2,1H3. The molecular formula is C15H22BrN3. The molecule has 3 unspecified atom stereocenters. The van der Waals surface area contributed by atoms with Gasteiger partial charge in [0.2, 0.25) is 0 Å². The van der Waals surface area contributed by atoms with Crippen molar-refractivity contribution in [2.24, 2.45) is 23.5 Å². The van der Waals surface area contributed by atoms with Crippen molar-refractivity contribution in [3.05, 3.63) is 22.3 Å². The Morgan fingerprint density at radius 3 is 2.89 bits per heavy atom. The third-order valence-electron chi connectivity index (χ3n) is 4.88. The van der Waals surface area contributed by atoms with Gasteiger partial charge in [0.25, 0.3) is 0 Å². The lowest BCUT2D eigenvalue weighted by Gasteiger charge is -2.29. The molecule has 1 aromatic heterocycles. The predicted octanol–water partition coefficient (Wildman–Crippen LogP) is 3.18. The molecule has 3 nitrogen and oxygen atoms in total. The Labute approximate surface area is 123 Å². The van der Waals surface area contributed by atoms with Crippen LogP contribution in [-0.4, -0.2) is 18.6 Å². The zero-order valence-electron chi connectivity index (χ0n) is 11.5. The molecule has 0 aromatic carbocycles. The van der Waals surface area contributed by atoms with Crippen molar-refractivity contribution >= 4 is 21.7 Å². The van der Waals surface area contributed by atoms with Crippen LogP contribution in [0.4, 0.5) is 5.82 Å². The fraction of sp³-hybridized carbons (Fsp3) is 0.667. The molecule has 19 heavy (non-hydrogen) atoms. The molecule has 0 saturated heterocycles. The average Bonchev–Trinajstić information content (AvgIpc) is 3.00. The Hall–Kier alpha value is -0.610. The largest absolute Gasteiger partial charge is 0.359 e. The van der Waals surface area contributed by atoms with Crippen molar-refractivity contribution in [3.8, 4) is 0 Å². The van der Waals surface area contributed by atoms with Crippen molar-refractivity contribution in [2.45, 2.75) is 32.2 Å². The Kier molecular flexibility index (Phi) is 3.81. The van der Waals surface area contributed by atoms with E-state index in [9.17, 15) is 0 Å². The molecule has 3 rings (SSSR count). The minimum Gasteiger partial charge on any atom is -0.359 e. The summed E-state index contributed by atoms with van der Waals surface area (Å²) >= 11 is 3.46. The van der Waals surface area contributed by atoms with Gasteiger partial charge >= 0.3 is 0 Å². The van der Waals surface area contributed by atoms with Crippen molar-refractivity contribution in [3.63, 3.8) is 0 Å². The van der Waals surface area contributed by atoms with E-state index in [1.165, 1.54) is 25.7 Å². The van der Waals surface area contributed by atoms with Gasteiger partial charge in [-0.05, 0) is 59.0 Å². The Morgan fingerprint density at radius 1 is 1.42 bits per heavy atom. The smallest absolute Gasteiger partial charge is 0.132 e. The summed E-state index contributed by atoms with van der Waals surface area (Å²) in [7, 11) is 2.15. The Balaban J connectivity index is 1.71. The van der Waals surface area contributed by atoms with E-state index in [-0.39, 0.29) is 0 Å². The first kappa shape index (κ1) is 13.4. The number of rotatable bonds is 4. The van der Waals surface area contributed by atoms with E-state index in [1.807, 2.05) is 6.20 Å². The minimum absolute atomic E-state index is 0.544. The maximum atomic E-state index is 5.84. The predicted molar refractivity (Wildman–Crippen MR) is 82.0 cm³/mol. The second kappa shape index (κ2) is 5.41. The topological polar surface area (TPSA) is 42.2 Å². The van der Waals surface area contributed by atoms with Gasteiger partial charge in [-0.25, -0.2) is 4.98 Å². The summed E-state index contributed by atoms with van der Waals surface area (Å²) in [5.41, 5.74) is 6.96. The second-order valence-corrected chi connectivity index (χ2v) is 7.07. The van der Waals surface area contributed by atoms with Gasteiger partial charge in [0.05, 0.1) is 0 Å². The molecule has 3 atom stereocenters. The molecule has 4 heteroatoms. The average molecular weight is 324 g/mol. The number of hydrogen-bond donors (Lipinski definition) is 1. The minimum atomic E-state index is 0.544. The van der Waals surface area contributed by atoms with Crippen molar-refractivity contribution in [1.82, 2.24) is 4.98 Å². The first-order chi connectivity index (χ1) is 9.17. The van der Waals surface area contributed by atoms with Gasteiger partial charge in [-0.3, -0.25) is 0 Å². The summed E-state index contributed by atoms with van der Waals surface area (Å²) < 4.78 is 1.00. The number of hydrogen-bond acceptors (Lipinski definition) is 3. The van der Waals surface area contributed by atoms with Gasteiger partial charge in [-0.2, -0.15) is 0 Å². The third kappa shape index (κ3) is 2.65. The Bertz CT molecular complexity index is 463. The normalized spacial score (nSPS) is 28.9. The van der Waals surface area contributed by atoms with Gasteiger partial charge < -0.3 is 10.6 Å². The summed E-state index contributed by atoms with van der Waals surface area (Å²) in [5, 5.41) is 0. The van der Waals surface area contributed by atoms with Gasteiger partial charge in [-0.1, -0.05) is 6.42 Å². The van der Waals surface area contributed by atoms with E-state index < -0.39 is 0 Å². The number of anilines is 1. The van der Waals surface area contributed by atoms with E-state index in [0.717, 1.165) is 40.2 Å². The van der Waals surface area contributed by atoms with Crippen molar-refractivity contribution < 1.29 is 0 Å². The highest BCUT2D eigenvalue weighted by atomic mass is 79.9. The third-order valence-corrected chi connectivity index (χ3v) is 5.32. The number of halogens is 1. The summed E-state index contributed by atoms with van der Waals surface area (Å²) in [4.78, 5) is 6.86. The molecule has 1 heterocycles. The number of nitrogens with zero attached hydrogens (tertiary/aromatic N) is 2. The van der Waals surface area contributed by atoms with E-state index in [0.29, 0.717) is 6.54 Å². The van der Waals surface area contributed by atoms with Gasteiger partial charge in [0, 0.05) is 36.4 Å². The van der Waals surface area contributed by atoms with E-state index in [1.54, 1.807) is 0 Å². The van der Waals surface area contributed by atoms with Crippen LogP contribution >= 0.6 is 15.9 Å². The molecule has 1 aromatic rings. The molecule has 0 aliphatic heterocycles. The van der Waals surface area contributed by atoms with Crippen LogP contribution in [0.1, 0.15) is 31.2 Å². The van der Waals surface area contributed by atoms with E-state index in [4.69, 9.17) is 5.73 Å². The van der Waals surface area contributed by atoms with Crippen LogP contribution in [0.5, 0.6) is 0 Å². The number of nitrogens with two attached hydrogens (primary N) is 1. The Morgan fingerprint density at radius 2 is 2.26 bits per heavy atom. The van der Waals surface area contributed by atoms with Crippen LogP contribution < -0.4 is 10.6 Å². The van der Waals surface area contributed by atoms with Gasteiger partial charge in [0.1, 0.15) is 5.82 Å². The first-order valence-electron chi connectivity index (χ1n) is 7.23. The zero-order chi connectivity index (χ0) is 13.4. The summed E-state index contributed by atoms with van der Waals surface area (Å²) in [5.74, 6) is 3.88. The summed E-state index contributed by atoms with van der Waals surface area (Å²) in [6.07, 6.45) is 7.67. The SMILES string of the molecule is CN(CC1CC2CCC1C2)c1ncc(Br)cc1CN. The number of fused-ring (bicyclic) bond motifs is 2. The van der Waals surface area contributed by atoms with Crippen LogP contribution in [0.15, 0.2) is 16.7 Å². The lowest BCUT2D eigenvalue weighted by atomic mass is 9.88. The highest BCUT2D eigenvalue weighted by Gasteiger charge is 2.39. The van der Waals surface area contributed by atoms with Crippen LogP contribution in [0.3, 0.4) is 0 Å². The first-order valence-corrected chi connectivity index (χ1v) is 8.02. The lowest BCUT2D eigenvalue weighted by Crippen LogP contribution is -2.30. The molecule has 0 radical (unpaired) electrons. The molecule has 2 saturated carbocycles. The summed E-state index contributed by atoms with van der Waals surface area (Å²) in [6, 6.07) is 2.08. The van der Waals surface area contributed by atoms with Crippen molar-refractivity contribution in [1.29, 1.82) is 0 Å². The molecule has 104 valence electrons. The number of pyridine rings is 1. The monoisotopic (exact) mass is 323 g/mol. The number of aromatic nitrogens is 1. The molecule has 2 bridgehead atoms. The van der Waals surface area contributed by atoms with Crippen LogP contribution in [0.25, 0.3) is 0 Å². The second-order valence-electron chi connectivity index (χ2n) is 6.16. The van der Waals surface area contributed by atoms with Crippen LogP contribution in [-0.2, 0) is 6.54 Å². The quantitative estimate of drug-likeness (QED) is 0.925. The van der Waals surface area contributed by atoms with E-state index >= 15 is 0 Å². The molecule has 2 fully saturated rings. The molecular weight excluding hydrogens is 302 g/mol. The highest BCUT2D eigenvalue weighted by molar-refractivity contribution is 9.10. The fourth-order valence-corrected chi connectivity index (χ4v) is 4.38. The lowest BCUT2D eigenvalue weighted by molar-refractivity contribution is 0.337. The van der Waals surface area contributed by atoms with Crippen molar-refractivity contribution in [2.75, 3.05) is 18.5 Å². The van der Waals surface area contributed by atoms with Crippen LogP contribution in [0, 0.1) is 17.8 Å². The molecule has 0 amide bonds. The summed E-state index contributed by atoms with van der Waals surface area (Å²) in [6.45, 7) is 1.67. The maximum Gasteiger partial charge on any atom is 0.132 e. The van der Waals surface area contributed by atoms with Crippen LogP contribution in [0.2, 0.25) is 0 Å². The fourth-order valence-electron chi connectivity index (χ4n) is 4.01. The maximum absolute atomic E-state index is 5.84. The molecule has 0 spiro atoms. The van der Waals surface area contributed by atoms with Gasteiger partial charge in [-0.15, -0.1) is 0 Å². The molecule has 2 aliphatic carbocycles. The molecule has 2 aliphatic rings. The van der Waals surface area contributed by atoms with Gasteiger partial charge in [0.15, 0.2) is 0 Å².